The van der Waals surface area contributed by atoms with Gasteiger partial charge in [0.2, 0.25) is 0 Å². The molecule has 1 unspecified atom stereocenters. The van der Waals surface area contributed by atoms with Gasteiger partial charge < -0.3 is 5.11 Å². The summed E-state index contributed by atoms with van der Waals surface area (Å²) in [5.41, 5.74) is 2.15. The van der Waals surface area contributed by atoms with Gasteiger partial charge in [0.25, 0.3) is 0 Å². The minimum Gasteiger partial charge on any atom is -0.388 e. The van der Waals surface area contributed by atoms with E-state index in [0.29, 0.717) is 0 Å². The van der Waals surface area contributed by atoms with Crippen molar-refractivity contribution in [2.24, 2.45) is 0 Å². The Morgan fingerprint density at radius 3 is 2.82 bits per heavy atom. The van der Waals surface area contributed by atoms with Crippen LogP contribution in [0.4, 0.5) is 0 Å². The van der Waals surface area contributed by atoms with E-state index in [1.54, 1.807) is 11.3 Å². The summed E-state index contributed by atoms with van der Waals surface area (Å²) >= 11 is 5.24. The molecule has 1 aromatic carbocycles. The average molecular weight is 311 g/mol. The van der Waals surface area contributed by atoms with E-state index in [4.69, 9.17) is 0 Å². The number of aliphatic hydroxyl groups is 1. The van der Waals surface area contributed by atoms with Crippen LogP contribution in [0, 0.1) is 6.92 Å². The summed E-state index contributed by atoms with van der Waals surface area (Å²) in [5, 5.41) is 12.3. The van der Waals surface area contributed by atoms with Crippen LogP contribution in [0.5, 0.6) is 0 Å². The van der Waals surface area contributed by atoms with Crippen LogP contribution in [-0.2, 0) is 6.42 Å². The lowest BCUT2D eigenvalue weighted by Gasteiger charge is -2.14. The number of benzene rings is 1. The number of rotatable bonds is 4. The van der Waals surface area contributed by atoms with Gasteiger partial charge in [0.1, 0.15) is 0 Å². The van der Waals surface area contributed by atoms with Crippen molar-refractivity contribution in [1.82, 2.24) is 0 Å². The van der Waals surface area contributed by atoms with Gasteiger partial charge in [0, 0.05) is 9.35 Å². The number of aliphatic hydroxyl groups excluding tert-OH is 1. The van der Waals surface area contributed by atoms with Crippen molar-refractivity contribution in [2.75, 3.05) is 0 Å². The van der Waals surface area contributed by atoms with Crippen molar-refractivity contribution in [3.63, 3.8) is 0 Å². The van der Waals surface area contributed by atoms with Gasteiger partial charge in [-0.3, -0.25) is 0 Å². The van der Waals surface area contributed by atoms with E-state index in [-0.39, 0.29) is 6.10 Å². The zero-order chi connectivity index (χ0) is 12.3. The Morgan fingerprint density at radius 1 is 1.29 bits per heavy atom. The number of hydrogen-bond acceptors (Lipinski definition) is 2. The van der Waals surface area contributed by atoms with E-state index in [9.17, 15) is 5.11 Å². The third kappa shape index (κ3) is 3.18. The van der Waals surface area contributed by atoms with E-state index in [1.165, 1.54) is 4.88 Å². The maximum Gasteiger partial charge on any atom is 0.0796 e. The Labute approximate surface area is 114 Å². The first-order valence-electron chi connectivity index (χ1n) is 5.64. The molecule has 2 rings (SSSR count). The highest BCUT2D eigenvalue weighted by atomic mass is 79.9. The zero-order valence-electron chi connectivity index (χ0n) is 9.69. The molecule has 90 valence electrons. The van der Waals surface area contributed by atoms with E-state index in [0.717, 1.165) is 28.4 Å². The second kappa shape index (κ2) is 5.80. The third-order valence-corrected chi connectivity index (χ3v) is 4.71. The van der Waals surface area contributed by atoms with Gasteiger partial charge in [-0.25, -0.2) is 0 Å². The molecule has 1 aromatic heterocycles. The highest BCUT2D eigenvalue weighted by Gasteiger charge is 2.12. The first-order valence-corrected chi connectivity index (χ1v) is 7.31. The molecule has 1 atom stereocenters. The molecule has 17 heavy (non-hydrogen) atoms. The maximum absolute atomic E-state index is 10.2. The standard InChI is InChI=1S/C14H15BrOS/c1-10-12(5-2-6-13(10)15)14(16)8-7-11-4-3-9-17-11/h2-6,9,14,16H,7-8H2,1H3. The lowest BCUT2D eigenvalue weighted by atomic mass is 10.00. The summed E-state index contributed by atoms with van der Waals surface area (Å²) in [6, 6.07) is 10.1. The molecule has 0 spiro atoms. The van der Waals surface area contributed by atoms with Gasteiger partial charge in [-0.05, 0) is 48.4 Å². The first-order chi connectivity index (χ1) is 8.18. The molecule has 2 aromatic rings. The highest BCUT2D eigenvalue weighted by molar-refractivity contribution is 9.10. The summed E-state index contributed by atoms with van der Waals surface area (Å²) < 4.78 is 1.06. The Kier molecular flexibility index (Phi) is 4.37. The third-order valence-electron chi connectivity index (χ3n) is 2.91. The first kappa shape index (κ1) is 12.8. The molecule has 0 fully saturated rings. The number of thiophene rings is 1. The predicted molar refractivity (Wildman–Crippen MR) is 76.5 cm³/mol. The van der Waals surface area contributed by atoms with E-state index in [2.05, 4.69) is 33.4 Å². The number of halogens is 1. The summed E-state index contributed by atoms with van der Waals surface area (Å²) in [6.07, 6.45) is 1.33. The van der Waals surface area contributed by atoms with Crippen LogP contribution < -0.4 is 0 Å². The molecule has 1 heterocycles. The molecule has 1 N–H and O–H groups in total. The second-order valence-corrected chi connectivity index (χ2v) is 5.97. The molecule has 0 aliphatic rings. The van der Waals surface area contributed by atoms with Crippen LogP contribution in [0.15, 0.2) is 40.2 Å². The molecule has 3 heteroatoms. The molecular weight excluding hydrogens is 296 g/mol. The van der Waals surface area contributed by atoms with Crippen LogP contribution in [0.1, 0.15) is 28.5 Å². The lowest BCUT2D eigenvalue weighted by molar-refractivity contribution is 0.167. The molecule has 0 radical (unpaired) electrons. The van der Waals surface area contributed by atoms with Crippen LogP contribution in [-0.4, -0.2) is 5.11 Å². The Hall–Kier alpha value is -0.640. The SMILES string of the molecule is Cc1c(Br)cccc1C(O)CCc1cccs1. The molecule has 0 saturated heterocycles. The lowest BCUT2D eigenvalue weighted by Crippen LogP contribution is -2.01. The van der Waals surface area contributed by atoms with Gasteiger partial charge in [0.05, 0.1) is 6.10 Å². The molecular formula is C14H15BrOS. The summed E-state index contributed by atoms with van der Waals surface area (Å²) in [4.78, 5) is 1.33. The van der Waals surface area contributed by atoms with Gasteiger partial charge in [-0.1, -0.05) is 34.1 Å². The fourth-order valence-electron chi connectivity index (χ4n) is 1.87. The quantitative estimate of drug-likeness (QED) is 0.882. The van der Waals surface area contributed by atoms with Crippen molar-refractivity contribution >= 4 is 27.3 Å². The molecule has 1 nitrogen and oxygen atoms in total. The molecule has 0 aliphatic carbocycles. The minimum absolute atomic E-state index is 0.380. The molecule has 0 aliphatic heterocycles. The Balaban J connectivity index is 2.04. The maximum atomic E-state index is 10.2. The van der Waals surface area contributed by atoms with Gasteiger partial charge in [-0.15, -0.1) is 11.3 Å². The van der Waals surface area contributed by atoms with Crippen LogP contribution >= 0.6 is 27.3 Å². The van der Waals surface area contributed by atoms with Crippen LogP contribution in [0.25, 0.3) is 0 Å². The Morgan fingerprint density at radius 2 is 2.12 bits per heavy atom. The topological polar surface area (TPSA) is 20.2 Å². The predicted octanol–water partition coefficient (Wildman–Crippen LogP) is 4.49. The largest absolute Gasteiger partial charge is 0.388 e. The van der Waals surface area contributed by atoms with Crippen molar-refractivity contribution < 1.29 is 5.11 Å². The molecule has 0 amide bonds. The van der Waals surface area contributed by atoms with E-state index >= 15 is 0 Å². The van der Waals surface area contributed by atoms with Gasteiger partial charge in [-0.2, -0.15) is 0 Å². The zero-order valence-corrected chi connectivity index (χ0v) is 12.1. The van der Waals surface area contributed by atoms with Crippen molar-refractivity contribution in [3.05, 3.63) is 56.2 Å². The van der Waals surface area contributed by atoms with Crippen molar-refractivity contribution in [2.45, 2.75) is 25.9 Å². The van der Waals surface area contributed by atoms with Crippen molar-refractivity contribution in [3.8, 4) is 0 Å². The minimum atomic E-state index is -0.380. The monoisotopic (exact) mass is 310 g/mol. The fraction of sp³-hybridized carbons (Fsp3) is 0.286. The molecule has 0 saturated carbocycles. The van der Waals surface area contributed by atoms with Crippen LogP contribution in [0.3, 0.4) is 0 Å². The van der Waals surface area contributed by atoms with Crippen LogP contribution in [0.2, 0.25) is 0 Å². The summed E-state index contributed by atoms with van der Waals surface area (Å²) in [6.45, 7) is 2.04. The smallest absolute Gasteiger partial charge is 0.0796 e. The number of aryl methyl sites for hydroxylation is 1. The molecule has 0 bridgehead atoms. The normalized spacial score (nSPS) is 12.6. The van der Waals surface area contributed by atoms with Gasteiger partial charge >= 0.3 is 0 Å². The van der Waals surface area contributed by atoms with Gasteiger partial charge in [0.15, 0.2) is 0 Å². The Bertz CT molecular complexity index is 479. The van der Waals surface area contributed by atoms with E-state index in [1.807, 2.05) is 25.1 Å². The number of hydrogen-bond donors (Lipinski definition) is 1. The summed E-state index contributed by atoms with van der Waals surface area (Å²) in [5.74, 6) is 0. The second-order valence-electron chi connectivity index (χ2n) is 4.09. The highest BCUT2D eigenvalue weighted by Crippen LogP contribution is 2.27. The fourth-order valence-corrected chi connectivity index (χ4v) is 2.98. The average Bonchev–Trinajstić information content (AvgIpc) is 2.82. The summed E-state index contributed by atoms with van der Waals surface area (Å²) in [7, 11) is 0. The van der Waals surface area contributed by atoms with E-state index < -0.39 is 0 Å². The van der Waals surface area contributed by atoms with Crippen molar-refractivity contribution in [1.29, 1.82) is 0 Å².